The van der Waals surface area contributed by atoms with Crippen LogP contribution in [0.15, 0.2) is 35.5 Å². The first-order chi connectivity index (χ1) is 6.83. The minimum Gasteiger partial charge on any atom is -0.350 e. The monoisotopic (exact) mass is 186 g/mol. The average Bonchev–Trinajstić information content (AvgIpc) is 2.58. The Bertz CT molecular complexity index is 507. The van der Waals surface area contributed by atoms with Gasteiger partial charge in [-0.2, -0.15) is 0 Å². The van der Waals surface area contributed by atoms with Gasteiger partial charge in [-0.15, -0.1) is 0 Å². The van der Waals surface area contributed by atoms with Crippen LogP contribution in [0.3, 0.4) is 0 Å². The highest BCUT2D eigenvalue weighted by Crippen LogP contribution is 2.19. The number of hydrogen-bond acceptors (Lipinski definition) is 2. The van der Waals surface area contributed by atoms with E-state index in [4.69, 9.17) is 0 Å². The molecule has 0 aliphatic carbocycles. The molecular weight excluding hydrogens is 176 g/mol. The summed E-state index contributed by atoms with van der Waals surface area (Å²) in [5.41, 5.74) is 2.19. The van der Waals surface area contributed by atoms with Crippen molar-refractivity contribution in [1.29, 1.82) is 0 Å². The zero-order chi connectivity index (χ0) is 9.97. The minimum atomic E-state index is 0.401. The number of nitrogens with zero attached hydrogens (tertiary/aromatic N) is 2. The highest BCUT2D eigenvalue weighted by Gasteiger charge is 2.02. The van der Waals surface area contributed by atoms with Crippen molar-refractivity contribution in [3.05, 3.63) is 36.0 Å². The second-order valence-corrected chi connectivity index (χ2v) is 3.19. The second kappa shape index (κ2) is 3.48. The number of aromatic nitrogens is 1. The molecule has 3 nitrogen and oxygen atoms in total. The Balaban J connectivity index is 2.62. The van der Waals surface area contributed by atoms with Crippen LogP contribution in [-0.4, -0.2) is 10.6 Å². The van der Waals surface area contributed by atoms with Gasteiger partial charge in [0.05, 0.1) is 12.1 Å². The lowest BCUT2D eigenvalue weighted by Gasteiger charge is -2.01. The highest BCUT2D eigenvalue weighted by atomic mass is 16.1. The van der Waals surface area contributed by atoms with Crippen molar-refractivity contribution in [2.45, 2.75) is 6.54 Å². The Morgan fingerprint density at radius 3 is 3.07 bits per heavy atom. The third kappa shape index (κ3) is 1.34. The lowest BCUT2D eigenvalue weighted by molar-refractivity contribution is 0.563. The number of carbonyl (C=O) groups excluding carboxylic acids is 1. The first kappa shape index (κ1) is 8.73. The first-order valence-electron chi connectivity index (χ1n) is 4.39. The van der Waals surface area contributed by atoms with Gasteiger partial charge in [0.2, 0.25) is 6.08 Å². The minimum absolute atomic E-state index is 0.401. The van der Waals surface area contributed by atoms with E-state index in [2.05, 4.69) is 4.99 Å². The molecule has 0 atom stereocenters. The third-order valence-electron chi connectivity index (χ3n) is 2.30. The molecule has 1 aromatic carbocycles. The molecule has 0 bridgehead atoms. The van der Waals surface area contributed by atoms with E-state index < -0.39 is 0 Å². The zero-order valence-corrected chi connectivity index (χ0v) is 7.90. The largest absolute Gasteiger partial charge is 0.350 e. The van der Waals surface area contributed by atoms with Crippen LogP contribution in [0.1, 0.15) is 5.56 Å². The summed E-state index contributed by atoms with van der Waals surface area (Å²) in [4.78, 5) is 13.6. The molecule has 1 heterocycles. The number of benzene rings is 1. The van der Waals surface area contributed by atoms with Gasteiger partial charge in [0.1, 0.15) is 0 Å². The fourth-order valence-corrected chi connectivity index (χ4v) is 1.69. The van der Waals surface area contributed by atoms with Gasteiger partial charge in [0.15, 0.2) is 0 Å². The predicted molar refractivity (Wildman–Crippen MR) is 54.7 cm³/mol. The maximum atomic E-state index is 10.0. The Labute approximate surface area is 81.7 Å². The van der Waals surface area contributed by atoms with Crippen LogP contribution in [0.2, 0.25) is 0 Å². The summed E-state index contributed by atoms with van der Waals surface area (Å²) in [6, 6.07) is 8.04. The van der Waals surface area contributed by atoms with Crippen LogP contribution in [0, 0.1) is 0 Å². The summed E-state index contributed by atoms with van der Waals surface area (Å²) in [6.07, 6.45) is 3.56. The van der Waals surface area contributed by atoms with Gasteiger partial charge in [-0.05, 0) is 17.0 Å². The summed E-state index contributed by atoms with van der Waals surface area (Å²) >= 11 is 0. The molecule has 0 fully saturated rings. The van der Waals surface area contributed by atoms with Crippen molar-refractivity contribution in [3.63, 3.8) is 0 Å². The summed E-state index contributed by atoms with van der Waals surface area (Å²) in [6.45, 7) is 0.401. The third-order valence-corrected chi connectivity index (χ3v) is 2.30. The molecule has 2 aromatic rings. The smallest absolute Gasteiger partial charge is 0.235 e. The molecule has 1 aromatic heterocycles. The molecule has 0 radical (unpaired) electrons. The number of fused-ring (bicyclic) bond motifs is 1. The highest BCUT2D eigenvalue weighted by molar-refractivity contribution is 5.83. The Morgan fingerprint density at radius 2 is 2.29 bits per heavy atom. The van der Waals surface area contributed by atoms with E-state index in [1.54, 1.807) is 6.08 Å². The van der Waals surface area contributed by atoms with Crippen molar-refractivity contribution in [2.24, 2.45) is 12.0 Å². The number of aryl methyl sites for hydroxylation is 1. The van der Waals surface area contributed by atoms with Crippen molar-refractivity contribution in [3.8, 4) is 0 Å². The molecule has 0 aliphatic rings. The molecule has 0 N–H and O–H groups in total. The van der Waals surface area contributed by atoms with Crippen molar-refractivity contribution in [1.82, 2.24) is 4.57 Å². The number of rotatable bonds is 2. The molecule has 0 spiro atoms. The van der Waals surface area contributed by atoms with E-state index in [0.29, 0.717) is 6.54 Å². The maximum Gasteiger partial charge on any atom is 0.235 e. The standard InChI is InChI=1S/C11H10N2O/c1-13-6-5-9-3-2-4-10(11(9)13)7-12-8-14/h2-6H,7H2,1H3. The summed E-state index contributed by atoms with van der Waals surface area (Å²) in [7, 11) is 1.98. The molecule has 0 saturated carbocycles. The quantitative estimate of drug-likeness (QED) is 0.522. The zero-order valence-electron chi connectivity index (χ0n) is 7.90. The number of aliphatic imine (C=N–C) groups is 1. The molecule has 70 valence electrons. The van der Waals surface area contributed by atoms with Crippen molar-refractivity contribution >= 4 is 17.0 Å². The van der Waals surface area contributed by atoms with Crippen LogP contribution < -0.4 is 0 Å². The van der Waals surface area contributed by atoms with E-state index in [0.717, 1.165) is 11.1 Å². The second-order valence-electron chi connectivity index (χ2n) is 3.19. The molecule has 3 heteroatoms. The van der Waals surface area contributed by atoms with Crippen LogP contribution >= 0.6 is 0 Å². The predicted octanol–water partition coefficient (Wildman–Crippen LogP) is 2.01. The van der Waals surface area contributed by atoms with Gasteiger partial charge in [-0.3, -0.25) is 0 Å². The topological polar surface area (TPSA) is 34.4 Å². The van der Waals surface area contributed by atoms with Gasteiger partial charge in [-0.25, -0.2) is 9.79 Å². The van der Waals surface area contributed by atoms with E-state index in [1.807, 2.05) is 42.1 Å². The Kier molecular flexibility index (Phi) is 2.17. The molecule has 0 saturated heterocycles. The summed E-state index contributed by atoms with van der Waals surface area (Å²) in [5, 5.41) is 1.17. The Morgan fingerprint density at radius 1 is 1.43 bits per heavy atom. The van der Waals surface area contributed by atoms with E-state index in [-0.39, 0.29) is 0 Å². The molecular formula is C11H10N2O. The Hall–Kier alpha value is -1.86. The van der Waals surface area contributed by atoms with Crippen LogP contribution in [-0.2, 0) is 18.4 Å². The molecule has 2 rings (SSSR count). The van der Waals surface area contributed by atoms with Crippen LogP contribution in [0.5, 0.6) is 0 Å². The van der Waals surface area contributed by atoms with Gasteiger partial charge in [0, 0.05) is 13.2 Å². The number of para-hydroxylation sites is 1. The SMILES string of the molecule is Cn1ccc2cccc(CN=C=O)c21. The maximum absolute atomic E-state index is 10.0. The fraction of sp³-hybridized carbons (Fsp3) is 0.182. The van der Waals surface area contributed by atoms with Gasteiger partial charge in [-0.1, -0.05) is 18.2 Å². The normalized spacial score (nSPS) is 10.1. The molecule has 0 unspecified atom stereocenters. The average molecular weight is 186 g/mol. The molecule has 14 heavy (non-hydrogen) atoms. The van der Waals surface area contributed by atoms with Crippen molar-refractivity contribution in [2.75, 3.05) is 0 Å². The van der Waals surface area contributed by atoms with Crippen LogP contribution in [0.4, 0.5) is 0 Å². The van der Waals surface area contributed by atoms with Gasteiger partial charge < -0.3 is 4.57 Å². The van der Waals surface area contributed by atoms with Gasteiger partial charge >= 0.3 is 0 Å². The number of hydrogen-bond donors (Lipinski definition) is 0. The lowest BCUT2D eigenvalue weighted by atomic mass is 10.1. The van der Waals surface area contributed by atoms with Gasteiger partial charge in [0.25, 0.3) is 0 Å². The fourth-order valence-electron chi connectivity index (χ4n) is 1.69. The van der Waals surface area contributed by atoms with E-state index >= 15 is 0 Å². The lowest BCUT2D eigenvalue weighted by Crippen LogP contribution is -1.90. The summed E-state index contributed by atoms with van der Waals surface area (Å²) < 4.78 is 2.03. The first-order valence-corrected chi connectivity index (χ1v) is 4.39. The van der Waals surface area contributed by atoms with Crippen LogP contribution in [0.25, 0.3) is 10.9 Å². The van der Waals surface area contributed by atoms with Crippen molar-refractivity contribution < 1.29 is 4.79 Å². The van der Waals surface area contributed by atoms with E-state index in [9.17, 15) is 4.79 Å². The molecule has 0 amide bonds. The number of isocyanates is 1. The summed E-state index contributed by atoms with van der Waals surface area (Å²) in [5.74, 6) is 0. The molecule has 0 aliphatic heterocycles. The van der Waals surface area contributed by atoms with E-state index in [1.165, 1.54) is 5.39 Å².